The van der Waals surface area contributed by atoms with Gasteiger partial charge in [0.2, 0.25) is 0 Å². The van der Waals surface area contributed by atoms with Gasteiger partial charge in [0, 0.05) is 49.8 Å². The normalized spacial score (nSPS) is 20.6. The van der Waals surface area contributed by atoms with Gasteiger partial charge in [-0.3, -0.25) is 9.89 Å². The molecule has 2 heterocycles. The number of halogens is 1. The van der Waals surface area contributed by atoms with Crippen molar-refractivity contribution in [2.45, 2.75) is 65.1 Å². The van der Waals surface area contributed by atoms with Crippen molar-refractivity contribution in [3.05, 3.63) is 34.9 Å². The number of hydrogen-bond donors (Lipinski definition) is 2. The van der Waals surface area contributed by atoms with Gasteiger partial charge in [0.05, 0.1) is 0 Å². The Hall–Kier alpha value is -1.30. The Morgan fingerprint density at radius 3 is 2.43 bits per heavy atom. The van der Waals surface area contributed by atoms with Crippen molar-refractivity contribution in [2.75, 3.05) is 39.3 Å². The van der Waals surface area contributed by atoms with Gasteiger partial charge in [-0.25, -0.2) is 0 Å². The third-order valence-electron chi connectivity index (χ3n) is 6.51. The molecular formula is C24H40ClN5. The lowest BCUT2D eigenvalue weighted by molar-refractivity contribution is 0.167. The molecule has 0 spiro atoms. The maximum atomic E-state index is 6.33. The number of rotatable bonds is 7. The van der Waals surface area contributed by atoms with Gasteiger partial charge < -0.3 is 15.5 Å². The van der Waals surface area contributed by atoms with Crippen LogP contribution >= 0.6 is 11.6 Å². The van der Waals surface area contributed by atoms with Crippen molar-refractivity contribution in [3.63, 3.8) is 0 Å². The zero-order valence-corrected chi connectivity index (χ0v) is 19.8. The number of nitrogens with one attached hydrogen (secondary N) is 2. The lowest BCUT2D eigenvalue weighted by Crippen LogP contribution is -2.50. The minimum absolute atomic E-state index is 0.537. The summed E-state index contributed by atoms with van der Waals surface area (Å²) in [4.78, 5) is 10.0. The summed E-state index contributed by atoms with van der Waals surface area (Å²) in [5.41, 5.74) is 1.23. The number of aliphatic imine (C=N–C) groups is 1. The molecule has 2 N–H and O–H groups in total. The summed E-state index contributed by atoms with van der Waals surface area (Å²) in [5.74, 6) is 1.67. The molecule has 2 saturated heterocycles. The van der Waals surface area contributed by atoms with Gasteiger partial charge in [0.15, 0.2) is 5.96 Å². The number of benzene rings is 1. The summed E-state index contributed by atoms with van der Waals surface area (Å²) in [6, 6.07) is 9.38. The molecule has 6 heteroatoms. The Morgan fingerprint density at radius 1 is 1.10 bits per heavy atom. The molecule has 0 radical (unpaired) electrons. The zero-order valence-electron chi connectivity index (χ0n) is 19.0. The maximum Gasteiger partial charge on any atom is 0.191 e. The first kappa shape index (κ1) is 23.4. The maximum absolute atomic E-state index is 6.33. The molecule has 30 heavy (non-hydrogen) atoms. The Morgan fingerprint density at radius 2 is 1.80 bits per heavy atom. The molecule has 0 bridgehead atoms. The van der Waals surface area contributed by atoms with Gasteiger partial charge in [0.25, 0.3) is 0 Å². The molecule has 5 nitrogen and oxygen atoms in total. The van der Waals surface area contributed by atoms with E-state index in [1.165, 1.54) is 44.3 Å². The molecule has 2 aliphatic heterocycles. The summed E-state index contributed by atoms with van der Waals surface area (Å²) in [6.07, 6.45) is 4.81. The van der Waals surface area contributed by atoms with E-state index in [2.05, 4.69) is 53.3 Å². The Kier molecular flexibility index (Phi) is 9.28. The van der Waals surface area contributed by atoms with Crippen LogP contribution in [0.5, 0.6) is 0 Å². The minimum atomic E-state index is 0.537. The molecule has 2 fully saturated rings. The molecule has 1 aromatic carbocycles. The van der Waals surface area contributed by atoms with E-state index >= 15 is 0 Å². The first-order chi connectivity index (χ1) is 14.5. The molecule has 2 aliphatic rings. The van der Waals surface area contributed by atoms with Gasteiger partial charge in [0.1, 0.15) is 0 Å². The monoisotopic (exact) mass is 433 g/mol. The molecule has 0 saturated carbocycles. The van der Waals surface area contributed by atoms with Crippen LogP contribution in [-0.4, -0.2) is 67.1 Å². The number of nitrogens with zero attached hydrogens (tertiary/aromatic N) is 3. The standard InChI is InChI=1S/C24H40ClN5/c1-4-26-24(28-22-11-15-30(16-12-22)19(2)3)27-17-20-9-13-29(14-10-20)18-21-7-5-6-8-23(21)25/h5-8,19-20,22H,4,9-18H2,1-3H3,(H2,26,27,28). The molecule has 0 amide bonds. The highest BCUT2D eigenvalue weighted by Crippen LogP contribution is 2.22. The highest BCUT2D eigenvalue weighted by molar-refractivity contribution is 6.31. The third kappa shape index (κ3) is 7.14. The average Bonchev–Trinajstić information content (AvgIpc) is 2.75. The molecule has 0 aromatic heterocycles. The fourth-order valence-electron chi connectivity index (χ4n) is 4.49. The number of hydrogen-bond acceptors (Lipinski definition) is 3. The van der Waals surface area contributed by atoms with Crippen LogP contribution in [-0.2, 0) is 6.54 Å². The van der Waals surface area contributed by atoms with Crippen LogP contribution in [0.1, 0.15) is 52.0 Å². The SMILES string of the molecule is CCNC(=NCC1CCN(Cc2ccccc2Cl)CC1)NC1CCN(C(C)C)CC1. The minimum Gasteiger partial charge on any atom is -0.357 e. The van der Waals surface area contributed by atoms with E-state index in [9.17, 15) is 0 Å². The third-order valence-corrected chi connectivity index (χ3v) is 6.88. The smallest absolute Gasteiger partial charge is 0.191 e. The highest BCUT2D eigenvalue weighted by Gasteiger charge is 2.22. The summed E-state index contributed by atoms with van der Waals surface area (Å²) < 4.78 is 0. The van der Waals surface area contributed by atoms with Crippen LogP contribution < -0.4 is 10.6 Å². The molecule has 0 aliphatic carbocycles. The topological polar surface area (TPSA) is 42.9 Å². The fourth-order valence-corrected chi connectivity index (χ4v) is 4.68. The molecule has 168 valence electrons. The second kappa shape index (κ2) is 11.9. The summed E-state index contributed by atoms with van der Waals surface area (Å²) in [6.45, 7) is 14.1. The second-order valence-electron chi connectivity index (χ2n) is 9.08. The van der Waals surface area contributed by atoms with E-state index in [1.807, 2.05) is 12.1 Å². The van der Waals surface area contributed by atoms with Crippen LogP contribution in [0.25, 0.3) is 0 Å². The van der Waals surface area contributed by atoms with E-state index in [0.29, 0.717) is 18.0 Å². The van der Waals surface area contributed by atoms with Crippen molar-refractivity contribution in [1.82, 2.24) is 20.4 Å². The van der Waals surface area contributed by atoms with Crippen molar-refractivity contribution in [2.24, 2.45) is 10.9 Å². The van der Waals surface area contributed by atoms with Gasteiger partial charge >= 0.3 is 0 Å². The molecule has 1 aromatic rings. The lowest BCUT2D eigenvalue weighted by atomic mass is 9.96. The molecule has 0 unspecified atom stereocenters. The van der Waals surface area contributed by atoms with E-state index in [-0.39, 0.29) is 0 Å². The fraction of sp³-hybridized carbons (Fsp3) is 0.708. The lowest BCUT2D eigenvalue weighted by Gasteiger charge is -2.35. The average molecular weight is 434 g/mol. The van der Waals surface area contributed by atoms with Gasteiger partial charge in [-0.15, -0.1) is 0 Å². The predicted octanol–water partition coefficient (Wildman–Crippen LogP) is 3.98. The Bertz CT molecular complexity index is 661. The second-order valence-corrected chi connectivity index (χ2v) is 9.49. The number of likely N-dealkylation sites (tertiary alicyclic amines) is 2. The van der Waals surface area contributed by atoms with E-state index < -0.39 is 0 Å². The largest absolute Gasteiger partial charge is 0.357 e. The van der Waals surface area contributed by atoms with Gasteiger partial charge in [-0.1, -0.05) is 29.8 Å². The number of piperidine rings is 2. The van der Waals surface area contributed by atoms with Gasteiger partial charge in [-0.05, 0) is 77.1 Å². The summed E-state index contributed by atoms with van der Waals surface area (Å²) in [5, 5.41) is 8.02. The van der Waals surface area contributed by atoms with E-state index in [4.69, 9.17) is 16.6 Å². The zero-order chi connectivity index (χ0) is 21.3. The molecular weight excluding hydrogens is 394 g/mol. The van der Waals surface area contributed by atoms with Crippen molar-refractivity contribution in [3.8, 4) is 0 Å². The van der Waals surface area contributed by atoms with Crippen molar-refractivity contribution in [1.29, 1.82) is 0 Å². The van der Waals surface area contributed by atoms with E-state index in [0.717, 1.165) is 43.7 Å². The van der Waals surface area contributed by atoms with Crippen LogP contribution in [0.3, 0.4) is 0 Å². The van der Waals surface area contributed by atoms with Crippen LogP contribution in [0.2, 0.25) is 5.02 Å². The first-order valence-corrected chi connectivity index (χ1v) is 12.2. The Labute approximate surface area is 188 Å². The Balaban J connectivity index is 1.42. The van der Waals surface area contributed by atoms with Crippen LogP contribution in [0.4, 0.5) is 0 Å². The van der Waals surface area contributed by atoms with E-state index in [1.54, 1.807) is 0 Å². The molecule has 3 rings (SSSR count). The van der Waals surface area contributed by atoms with Gasteiger partial charge in [-0.2, -0.15) is 0 Å². The quantitative estimate of drug-likeness (QED) is 0.504. The van der Waals surface area contributed by atoms with Crippen LogP contribution in [0.15, 0.2) is 29.3 Å². The highest BCUT2D eigenvalue weighted by atomic mass is 35.5. The van der Waals surface area contributed by atoms with Crippen LogP contribution in [0, 0.1) is 5.92 Å². The predicted molar refractivity (Wildman–Crippen MR) is 128 cm³/mol. The summed E-state index contributed by atoms with van der Waals surface area (Å²) >= 11 is 6.33. The summed E-state index contributed by atoms with van der Waals surface area (Å²) in [7, 11) is 0. The van der Waals surface area contributed by atoms with Crippen molar-refractivity contribution >= 4 is 17.6 Å². The molecule has 0 atom stereocenters. The van der Waals surface area contributed by atoms with Crippen molar-refractivity contribution < 1.29 is 0 Å². The number of guanidine groups is 1. The first-order valence-electron chi connectivity index (χ1n) is 11.8.